The zero-order chi connectivity index (χ0) is 11.7. The van der Waals surface area contributed by atoms with Gasteiger partial charge >= 0.3 is 0 Å². The summed E-state index contributed by atoms with van der Waals surface area (Å²) in [6.07, 6.45) is 7.71. The third-order valence-corrected chi connectivity index (χ3v) is 4.91. The SMILES string of the molecule is O=C1CC(OCC2CCOCC2)C12CCCC2. The lowest BCUT2D eigenvalue weighted by Crippen LogP contribution is -2.54. The van der Waals surface area contributed by atoms with Crippen molar-refractivity contribution in [3.8, 4) is 0 Å². The van der Waals surface area contributed by atoms with Crippen molar-refractivity contribution in [3.63, 3.8) is 0 Å². The first kappa shape index (κ1) is 11.7. The lowest BCUT2D eigenvalue weighted by molar-refractivity contribution is -0.165. The van der Waals surface area contributed by atoms with Crippen LogP contribution in [-0.4, -0.2) is 31.7 Å². The standard InChI is InChI=1S/C14H22O3/c15-12-9-13(14(12)5-1-2-6-14)17-10-11-3-7-16-8-4-11/h11,13H,1-10H2. The maximum Gasteiger partial charge on any atom is 0.144 e. The Morgan fingerprint density at radius 3 is 2.59 bits per heavy atom. The van der Waals surface area contributed by atoms with E-state index in [0.717, 1.165) is 45.5 Å². The van der Waals surface area contributed by atoms with E-state index in [1.165, 1.54) is 12.8 Å². The van der Waals surface area contributed by atoms with E-state index in [4.69, 9.17) is 9.47 Å². The first-order valence-corrected chi connectivity index (χ1v) is 7.04. The number of carbonyl (C=O) groups excluding carboxylic acids is 1. The molecule has 0 aromatic carbocycles. The van der Waals surface area contributed by atoms with Crippen molar-refractivity contribution in [1.82, 2.24) is 0 Å². The van der Waals surface area contributed by atoms with E-state index in [9.17, 15) is 4.79 Å². The molecule has 1 saturated heterocycles. The number of hydrogen-bond acceptors (Lipinski definition) is 3. The molecule has 0 aromatic heterocycles. The Bertz CT molecular complexity index is 288. The van der Waals surface area contributed by atoms with Crippen LogP contribution in [-0.2, 0) is 14.3 Å². The summed E-state index contributed by atoms with van der Waals surface area (Å²) in [5.74, 6) is 1.12. The number of ether oxygens (including phenoxy) is 2. The van der Waals surface area contributed by atoms with Gasteiger partial charge in [0.05, 0.1) is 11.5 Å². The third kappa shape index (κ3) is 2.04. The minimum atomic E-state index is -0.0504. The van der Waals surface area contributed by atoms with Crippen LogP contribution < -0.4 is 0 Å². The van der Waals surface area contributed by atoms with Gasteiger partial charge < -0.3 is 9.47 Å². The second-order valence-corrected chi connectivity index (χ2v) is 5.87. The zero-order valence-electron chi connectivity index (χ0n) is 10.5. The van der Waals surface area contributed by atoms with E-state index in [0.29, 0.717) is 18.1 Å². The first-order chi connectivity index (χ1) is 8.31. The maximum absolute atomic E-state index is 11.8. The molecule has 3 aliphatic rings. The van der Waals surface area contributed by atoms with Crippen LogP contribution in [0.4, 0.5) is 0 Å². The number of ketones is 1. The smallest absolute Gasteiger partial charge is 0.144 e. The van der Waals surface area contributed by atoms with Gasteiger partial charge in [-0.25, -0.2) is 0 Å². The van der Waals surface area contributed by atoms with E-state index in [-0.39, 0.29) is 11.5 Å². The number of rotatable bonds is 3. The van der Waals surface area contributed by atoms with Crippen molar-refractivity contribution < 1.29 is 14.3 Å². The summed E-state index contributed by atoms with van der Waals surface area (Å²) >= 11 is 0. The highest BCUT2D eigenvalue weighted by Gasteiger charge is 2.56. The van der Waals surface area contributed by atoms with Crippen molar-refractivity contribution >= 4 is 5.78 Å². The summed E-state index contributed by atoms with van der Waals surface area (Å²) < 4.78 is 11.4. The van der Waals surface area contributed by atoms with Crippen molar-refractivity contribution in [1.29, 1.82) is 0 Å². The lowest BCUT2D eigenvalue weighted by atomic mass is 9.63. The topological polar surface area (TPSA) is 35.5 Å². The summed E-state index contributed by atoms with van der Waals surface area (Å²) in [6.45, 7) is 2.59. The molecule has 0 N–H and O–H groups in total. The summed E-state index contributed by atoms with van der Waals surface area (Å²) in [7, 11) is 0. The van der Waals surface area contributed by atoms with Crippen LogP contribution in [0.3, 0.4) is 0 Å². The van der Waals surface area contributed by atoms with Crippen LogP contribution in [0.15, 0.2) is 0 Å². The van der Waals surface area contributed by atoms with Crippen molar-refractivity contribution in [2.45, 2.75) is 51.0 Å². The Balaban J connectivity index is 1.50. The third-order valence-electron chi connectivity index (χ3n) is 4.91. The first-order valence-electron chi connectivity index (χ1n) is 7.04. The fourth-order valence-electron chi connectivity index (χ4n) is 3.61. The molecule has 3 heteroatoms. The lowest BCUT2D eigenvalue weighted by Gasteiger charge is -2.45. The molecule has 96 valence electrons. The second-order valence-electron chi connectivity index (χ2n) is 5.87. The van der Waals surface area contributed by atoms with Crippen molar-refractivity contribution in [2.24, 2.45) is 11.3 Å². The Morgan fingerprint density at radius 1 is 1.24 bits per heavy atom. The zero-order valence-corrected chi connectivity index (χ0v) is 10.5. The van der Waals surface area contributed by atoms with E-state index >= 15 is 0 Å². The van der Waals surface area contributed by atoms with Gasteiger partial charge in [0.2, 0.25) is 0 Å². The van der Waals surface area contributed by atoms with E-state index in [1.54, 1.807) is 0 Å². The molecule has 1 atom stereocenters. The number of hydrogen-bond donors (Lipinski definition) is 0. The molecule has 2 saturated carbocycles. The average Bonchev–Trinajstić information content (AvgIpc) is 2.88. The van der Waals surface area contributed by atoms with Crippen LogP contribution in [0.2, 0.25) is 0 Å². The highest BCUT2D eigenvalue weighted by atomic mass is 16.5. The van der Waals surface area contributed by atoms with E-state index in [2.05, 4.69) is 0 Å². The largest absolute Gasteiger partial charge is 0.381 e. The Morgan fingerprint density at radius 2 is 1.94 bits per heavy atom. The molecule has 0 bridgehead atoms. The maximum atomic E-state index is 11.8. The molecule has 3 nitrogen and oxygen atoms in total. The minimum absolute atomic E-state index is 0.0504. The fraction of sp³-hybridized carbons (Fsp3) is 0.929. The predicted octanol–water partition coefficient (Wildman–Crippen LogP) is 2.33. The van der Waals surface area contributed by atoms with Crippen molar-refractivity contribution in [2.75, 3.05) is 19.8 Å². The molecule has 2 aliphatic carbocycles. The molecule has 3 fully saturated rings. The quantitative estimate of drug-likeness (QED) is 0.757. The molecule has 3 rings (SSSR count). The van der Waals surface area contributed by atoms with Gasteiger partial charge in [-0.1, -0.05) is 12.8 Å². The van der Waals surface area contributed by atoms with Gasteiger partial charge in [0.25, 0.3) is 0 Å². The van der Waals surface area contributed by atoms with E-state index < -0.39 is 0 Å². The van der Waals surface area contributed by atoms with Gasteiger partial charge in [0.1, 0.15) is 5.78 Å². The highest BCUT2D eigenvalue weighted by Crippen LogP contribution is 2.52. The van der Waals surface area contributed by atoms with Crippen LogP contribution in [0.25, 0.3) is 0 Å². The molecule has 1 aliphatic heterocycles. The summed E-state index contributed by atoms with van der Waals surface area (Å²) in [4.78, 5) is 11.8. The normalized spacial score (nSPS) is 32.9. The van der Waals surface area contributed by atoms with Crippen LogP contribution in [0.1, 0.15) is 44.9 Å². The molecule has 1 spiro atoms. The minimum Gasteiger partial charge on any atom is -0.381 e. The molecule has 1 unspecified atom stereocenters. The van der Waals surface area contributed by atoms with Crippen LogP contribution in [0.5, 0.6) is 0 Å². The summed E-state index contributed by atoms with van der Waals surface area (Å²) in [5.41, 5.74) is -0.0504. The number of Topliss-reactive ketones (excluding diaryl/α,β-unsaturated/α-hetero) is 1. The van der Waals surface area contributed by atoms with Gasteiger partial charge in [-0.3, -0.25) is 4.79 Å². The molecular weight excluding hydrogens is 216 g/mol. The van der Waals surface area contributed by atoms with Gasteiger partial charge in [0, 0.05) is 26.2 Å². The van der Waals surface area contributed by atoms with Crippen molar-refractivity contribution in [3.05, 3.63) is 0 Å². The summed E-state index contributed by atoms with van der Waals surface area (Å²) in [6, 6.07) is 0. The van der Waals surface area contributed by atoms with Gasteiger partial charge in [-0.05, 0) is 31.6 Å². The Labute approximate surface area is 103 Å². The molecule has 0 amide bonds. The Kier molecular flexibility index (Phi) is 3.22. The average molecular weight is 238 g/mol. The summed E-state index contributed by atoms with van der Waals surface area (Å²) in [5, 5.41) is 0. The molecule has 0 radical (unpaired) electrons. The molecule has 0 aromatic rings. The molecule has 17 heavy (non-hydrogen) atoms. The monoisotopic (exact) mass is 238 g/mol. The van der Waals surface area contributed by atoms with Gasteiger partial charge in [0.15, 0.2) is 0 Å². The Hall–Kier alpha value is -0.410. The van der Waals surface area contributed by atoms with Crippen LogP contribution in [0, 0.1) is 11.3 Å². The second kappa shape index (κ2) is 4.69. The molecular formula is C14H22O3. The molecule has 1 heterocycles. The fourth-order valence-corrected chi connectivity index (χ4v) is 3.61. The van der Waals surface area contributed by atoms with E-state index in [1.807, 2.05) is 0 Å². The predicted molar refractivity (Wildman–Crippen MR) is 63.8 cm³/mol. The van der Waals surface area contributed by atoms with Gasteiger partial charge in [-0.2, -0.15) is 0 Å². The van der Waals surface area contributed by atoms with Gasteiger partial charge in [-0.15, -0.1) is 0 Å². The highest BCUT2D eigenvalue weighted by molar-refractivity contribution is 5.92. The van der Waals surface area contributed by atoms with Crippen LogP contribution >= 0.6 is 0 Å². The number of carbonyl (C=O) groups is 1.